The fourth-order valence-corrected chi connectivity index (χ4v) is 1.41. The summed E-state index contributed by atoms with van der Waals surface area (Å²) in [7, 11) is 1.62. The van der Waals surface area contributed by atoms with Crippen molar-refractivity contribution in [1.29, 1.82) is 0 Å². The Hall–Kier alpha value is -1.55. The van der Waals surface area contributed by atoms with Gasteiger partial charge in [0.25, 0.3) is 0 Å². The van der Waals surface area contributed by atoms with Crippen molar-refractivity contribution < 1.29 is 14.4 Å². The molecule has 0 aliphatic heterocycles. The van der Waals surface area contributed by atoms with Crippen LogP contribution < -0.4 is 10.2 Å². The summed E-state index contributed by atoms with van der Waals surface area (Å²) in [5.41, 5.74) is 4.00. The number of ether oxygens (including phenoxy) is 1. The van der Waals surface area contributed by atoms with E-state index in [1.807, 2.05) is 45.9 Å². The Balaban J connectivity index is 2.59. The molecule has 0 radical (unpaired) electrons. The van der Waals surface area contributed by atoms with Gasteiger partial charge in [-0.1, -0.05) is 12.1 Å². The molecule has 4 nitrogen and oxygen atoms in total. The van der Waals surface area contributed by atoms with Gasteiger partial charge in [0.05, 0.1) is 19.1 Å². The van der Waals surface area contributed by atoms with Crippen LogP contribution in [0.3, 0.4) is 0 Å². The SMILES string of the molecule is COc1cc(CC(=O)NOC(C)(C)C)ccc1C. The van der Waals surface area contributed by atoms with Gasteiger partial charge >= 0.3 is 0 Å². The van der Waals surface area contributed by atoms with Gasteiger partial charge in [0, 0.05) is 0 Å². The van der Waals surface area contributed by atoms with Crippen molar-refractivity contribution in [3.05, 3.63) is 29.3 Å². The molecular formula is C14H21NO3. The summed E-state index contributed by atoms with van der Waals surface area (Å²) in [4.78, 5) is 16.9. The first kappa shape index (κ1) is 14.5. The van der Waals surface area contributed by atoms with Gasteiger partial charge in [-0.3, -0.25) is 9.63 Å². The number of carbonyl (C=O) groups is 1. The van der Waals surface area contributed by atoms with E-state index in [9.17, 15) is 4.79 Å². The van der Waals surface area contributed by atoms with Gasteiger partial charge in [-0.25, -0.2) is 5.48 Å². The van der Waals surface area contributed by atoms with E-state index in [0.717, 1.165) is 16.9 Å². The predicted molar refractivity (Wildman–Crippen MR) is 70.4 cm³/mol. The average molecular weight is 251 g/mol. The third-order valence-electron chi connectivity index (χ3n) is 2.31. The Kier molecular flexibility index (Phi) is 4.73. The van der Waals surface area contributed by atoms with E-state index in [1.54, 1.807) is 7.11 Å². The maximum Gasteiger partial charge on any atom is 0.247 e. The number of aryl methyl sites for hydroxylation is 1. The Bertz CT molecular complexity index is 422. The van der Waals surface area contributed by atoms with Crippen molar-refractivity contribution in [3.63, 3.8) is 0 Å². The molecular weight excluding hydrogens is 230 g/mol. The number of hydrogen-bond acceptors (Lipinski definition) is 3. The molecule has 0 heterocycles. The first-order chi connectivity index (χ1) is 8.31. The third-order valence-corrected chi connectivity index (χ3v) is 2.31. The smallest absolute Gasteiger partial charge is 0.247 e. The summed E-state index contributed by atoms with van der Waals surface area (Å²) < 4.78 is 5.22. The van der Waals surface area contributed by atoms with Crippen molar-refractivity contribution in [2.75, 3.05) is 7.11 Å². The predicted octanol–water partition coefficient (Wildman–Crippen LogP) is 2.39. The largest absolute Gasteiger partial charge is 0.496 e. The average Bonchev–Trinajstić information content (AvgIpc) is 2.28. The van der Waals surface area contributed by atoms with Gasteiger partial charge in [0.1, 0.15) is 5.75 Å². The molecule has 18 heavy (non-hydrogen) atoms. The number of hydroxylamine groups is 1. The van der Waals surface area contributed by atoms with E-state index in [2.05, 4.69) is 5.48 Å². The molecule has 1 rings (SSSR count). The summed E-state index contributed by atoms with van der Waals surface area (Å²) >= 11 is 0. The highest BCUT2D eigenvalue weighted by Crippen LogP contribution is 2.19. The Morgan fingerprint density at radius 2 is 2.00 bits per heavy atom. The van der Waals surface area contributed by atoms with Crippen LogP contribution in [0, 0.1) is 6.92 Å². The molecule has 0 fully saturated rings. The zero-order valence-corrected chi connectivity index (χ0v) is 11.7. The fourth-order valence-electron chi connectivity index (χ4n) is 1.41. The molecule has 1 aromatic rings. The topological polar surface area (TPSA) is 47.6 Å². The Morgan fingerprint density at radius 1 is 1.33 bits per heavy atom. The Labute approximate surface area is 108 Å². The van der Waals surface area contributed by atoms with Crippen molar-refractivity contribution in [2.24, 2.45) is 0 Å². The van der Waals surface area contributed by atoms with Gasteiger partial charge in [0.2, 0.25) is 5.91 Å². The summed E-state index contributed by atoms with van der Waals surface area (Å²) in [6.07, 6.45) is 0.271. The minimum Gasteiger partial charge on any atom is -0.496 e. The molecule has 1 amide bonds. The van der Waals surface area contributed by atoms with E-state index in [4.69, 9.17) is 9.57 Å². The zero-order chi connectivity index (χ0) is 13.8. The fraction of sp³-hybridized carbons (Fsp3) is 0.500. The van der Waals surface area contributed by atoms with Crippen LogP contribution >= 0.6 is 0 Å². The van der Waals surface area contributed by atoms with Crippen LogP contribution in [-0.4, -0.2) is 18.6 Å². The lowest BCUT2D eigenvalue weighted by Crippen LogP contribution is -2.34. The molecule has 0 atom stereocenters. The molecule has 0 aliphatic rings. The summed E-state index contributed by atoms with van der Waals surface area (Å²) in [5, 5.41) is 0. The molecule has 0 aromatic heterocycles. The van der Waals surface area contributed by atoms with Crippen LogP contribution in [0.5, 0.6) is 5.75 Å². The first-order valence-electron chi connectivity index (χ1n) is 5.92. The van der Waals surface area contributed by atoms with Gasteiger partial charge < -0.3 is 4.74 Å². The lowest BCUT2D eigenvalue weighted by Gasteiger charge is -2.19. The van der Waals surface area contributed by atoms with Crippen molar-refractivity contribution in [3.8, 4) is 5.75 Å². The molecule has 0 spiro atoms. The highest BCUT2D eigenvalue weighted by molar-refractivity contribution is 5.77. The van der Waals surface area contributed by atoms with Crippen LogP contribution in [0.25, 0.3) is 0 Å². The number of rotatable bonds is 4. The first-order valence-corrected chi connectivity index (χ1v) is 5.92. The van der Waals surface area contributed by atoms with Crippen molar-refractivity contribution >= 4 is 5.91 Å². The van der Waals surface area contributed by atoms with Crippen LogP contribution in [0.1, 0.15) is 31.9 Å². The van der Waals surface area contributed by atoms with Crippen LogP contribution in [0.4, 0.5) is 0 Å². The van der Waals surface area contributed by atoms with E-state index < -0.39 is 0 Å². The number of hydrogen-bond donors (Lipinski definition) is 1. The summed E-state index contributed by atoms with van der Waals surface area (Å²) in [5.74, 6) is 0.618. The zero-order valence-electron chi connectivity index (χ0n) is 11.7. The monoisotopic (exact) mass is 251 g/mol. The highest BCUT2D eigenvalue weighted by Gasteiger charge is 2.13. The number of nitrogens with one attached hydrogen (secondary N) is 1. The minimum absolute atomic E-state index is 0.171. The van der Waals surface area contributed by atoms with Crippen LogP contribution in [-0.2, 0) is 16.1 Å². The second-order valence-electron chi connectivity index (χ2n) is 5.22. The van der Waals surface area contributed by atoms with E-state index in [1.165, 1.54) is 0 Å². The van der Waals surface area contributed by atoms with Gasteiger partial charge in [-0.2, -0.15) is 0 Å². The highest BCUT2D eigenvalue weighted by atomic mass is 16.7. The number of methoxy groups -OCH3 is 1. The standard InChI is InChI=1S/C14H21NO3/c1-10-6-7-11(8-12(10)17-5)9-13(16)15-18-14(2,3)4/h6-8H,9H2,1-5H3,(H,15,16). The number of carbonyl (C=O) groups excluding carboxylic acids is 1. The van der Waals surface area contributed by atoms with Gasteiger partial charge in [0.15, 0.2) is 0 Å². The summed E-state index contributed by atoms with van der Waals surface area (Å²) in [6.45, 7) is 7.60. The molecule has 4 heteroatoms. The third kappa shape index (κ3) is 4.75. The van der Waals surface area contributed by atoms with Crippen molar-refractivity contribution in [1.82, 2.24) is 5.48 Å². The second-order valence-corrected chi connectivity index (χ2v) is 5.22. The molecule has 0 aliphatic carbocycles. The van der Waals surface area contributed by atoms with Crippen LogP contribution in [0.15, 0.2) is 18.2 Å². The van der Waals surface area contributed by atoms with E-state index >= 15 is 0 Å². The molecule has 100 valence electrons. The van der Waals surface area contributed by atoms with Crippen molar-refractivity contribution in [2.45, 2.75) is 39.7 Å². The molecule has 0 unspecified atom stereocenters. The molecule has 1 N–H and O–H groups in total. The lowest BCUT2D eigenvalue weighted by molar-refractivity contribution is -0.144. The molecule has 0 saturated carbocycles. The number of amides is 1. The van der Waals surface area contributed by atoms with Gasteiger partial charge in [-0.15, -0.1) is 0 Å². The minimum atomic E-state index is -0.388. The normalized spacial score (nSPS) is 11.2. The molecule has 0 bridgehead atoms. The maximum absolute atomic E-state index is 11.7. The van der Waals surface area contributed by atoms with E-state index in [0.29, 0.717) is 0 Å². The lowest BCUT2D eigenvalue weighted by atomic mass is 10.1. The van der Waals surface area contributed by atoms with Gasteiger partial charge in [-0.05, 0) is 44.9 Å². The molecule has 0 saturated heterocycles. The quantitative estimate of drug-likeness (QED) is 0.836. The second kappa shape index (κ2) is 5.87. The summed E-state index contributed by atoms with van der Waals surface area (Å²) in [6, 6.07) is 5.71. The Morgan fingerprint density at radius 3 is 2.56 bits per heavy atom. The van der Waals surface area contributed by atoms with E-state index in [-0.39, 0.29) is 17.9 Å². The van der Waals surface area contributed by atoms with Crippen LogP contribution in [0.2, 0.25) is 0 Å². The maximum atomic E-state index is 11.7. The number of benzene rings is 1. The molecule has 1 aromatic carbocycles.